The number of ether oxygens (including phenoxy) is 2. The van der Waals surface area contributed by atoms with E-state index in [1.165, 1.54) is 0 Å². The van der Waals surface area contributed by atoms with Gasteiger partial charge in [-0.2, -0.15) is 0 Å². The van der Waals surface area contributed by atoms with Crippen molar-refractivity contribution in [1.82, 2.24) is 10.6 Å². The molecule has 1 aliphatic rings. The summed E-state index contributed by atoms with van der Waals surface area (Å²) in [7, 11) is 1.58. The fourth-order valence-electron chi connectivity index (χ4n) is 1.50. The van der Waals surface area contributed by atoms with Gasteiger partial charge in [0.25, 0.3) is 0 Å². The molecular weight excluding hydrogens is 212 g/mol. The number of rotatable bonds is 7. The van der Waals surface area contributed by atoms with Gasteiger partial charge in [0.15, 0.2) is 0 Å². The Morgan fingerprint density at radius 2 is 2.38 bits per heavy atom. The summed E-state index contributed by atoms with van der Waals surface area (Å²) in [5.41, 5.74) is -0.803. The van der Waals surface area contributed by atoms with Crippen LogP contribution in [0.15, 0.2) is 0 Å². The van der Waals surface area contributed by atoms with Crippen LogP contribution in [-0.4, -0.2) is 63.2 Å². The van der Waals surface area contributed by atoms with Crippen LogP contribution in [0.4, 0.5) is 0 Å². The van der Waals surface area contributed by atoms with E-state index in [9.17, 15) is 9.90 Å². The standard InChI is InChI=1S/C10H20N2O4/c1-15-4-5-16-6-9(13)12-8-10(14)2-3-11-7-10/h11,14H,2-8H2,1H3,(H,12,13). The fraction of sp³-hybridized carbons (Fsp3) is 0.900. The highest BCUT2D eigenvalue weighted by atomic mass is 16.5. The smallest absolute Gasteiger partial charge is 0.246 e. The van der Waals surface area contributed by atoms with Crippen LogP contribution in [0.3, 0.4) is 0 Å². The molecule has 1 unspecified atom stereocenters. The highest BCUT2D eigenvalue weighted by Gasteiger charge is 2.31. The molecule has 1 heterocycles. The van der Waals surface area contributed by atoms with Crippen LogP contribution in [0, 0.1) is 0 Å². The maximum absolute atomic E-state index is 11.3. The van der Waals surface area contributed by atoms with Gasteiger partial charge in [-0.3, -0.25) is 4.79 Å². The molecule has 16 heavy (non-hydrogen) atoms. The molecule has 0 aromatic carbocycles. The number of carbonyl (C=O) groups excluding carboxylic acids is 1. The van der Waals surface area contributed by atoms with E-state index >= 15 is 0 Å². The molecule has 6 heteroatoms. The highest BCUT2D eigenvalue weighted by molar-refractivity contribution is 5.77. The van der Waals surface area contributed by atoms with Gasteiger partial charge < -0.3 is 25.2 Å². The minimum Gasteiger partial charge on any atom is -0.387 e. The van der Waals surface area contributed by atoms with Crippen LogP contribution < -0.4 is 10.6 Å². The van der Waals surface area contributed by atoms with Crippen LogP contribution in [0.1, 0.15) is 6.42 Å². The first-order valence-electron chi connectivity index (χ1n) is 5.43. The molecule has 1 rings (SSSR count). The maximum Gasteiger partial charge on any atom is 0.246 e. The third-order valence-electron chi connectivity index (χ3n) is 2.50. The van der Waals surface area contributed by atoms with Crippen molar-refractivity contribution in [3.05, 3.63) is 0 Å². The number of hydrogen-bond donors (Lipinski definition) is 3. The van der Waals surface area contributed by atoms with E-state index in [2.05, 4.69) is 10.6 Å². The quantitative estimate of drug-likeness (QED) is 0.465. The summed E-state index contributed by atoms with van der Waals surface area (Å²) in [5, 5.41) is 15.6. The van der Waals surface area contributed by atoms with E-state index in [0.717, 1.165) is 6.54 Å². The van der Waals surface area contributed by atoms with E-state index in [-0.39, 0.29) is 19.1 Å². The molecule has 6 nitrogen and oxygen atoms in total. The molecule has 0 aliphatic carbocycles. The van der Waals surface area contributed by atoms with E-state index in [1.807, 2.05) is 0 Å². The van der Waals surface area contributed by atoms with Crippen LogP contribution in [0.25, 0.3) is 0 Å². The van der Waals surface area contributed by atoms with E-state index < -0.39 is 5.60 Å². The summed E-state index contributed by atoms with van der Waals surface area (Å²) in [5.74, 6) is -0.212. The summed E-state index contributed by atoms with van der Waals surface area (Å²) < 4.78 is 9.83. The number of hydrogen-bond acceptors (Lipinski definition) is 5. The van der Waals surface area contributed by atoms with Crippen molar-refractivity contribution in [2.24, 2.45) is 0 Å². The first-order chi connectivity index (χ1) is 7.66. The van der Waals surface area contributed by atoms with Crippen molar-refractivity contribution < 1.29 is 19.4 Å². The molecule has 0 saturated carbocycles. The van der Waals surface area contributed by atoms with Gasteiger partial charge in [0.1, 0.15) is 6.61 Å². The lowest BCUT2D eigenvalue weighted by molar-refractivity contribution is -0.127. The molecule has 1 saturated heterocycles. The Morgan fingerprint density at radius 1 is 1.56 bits per heavy atom. The second-order valence-electron chi connectivity index (χ2n) is 3.97. The maximum atomic E-state index is 11.3. The number of amides is 1. The lowest BCUT2D eigenvalue weighted by Crippen LogP contribution is -2.45. The van der Waals surface area contributed by atoms with Crippen LogP contribution in [0.5, 0.6) is 0 Å². The molecule has 0 aromatic heterocycles. The number of aliphatic hydroxyl groups is 1. The van der Waals surface area contributed by atoms with Crippen LogP contribution >= 0.6 is 0 Å². The molecule has 0 spiro atoms. The first-order valence-corrected chi connectivity index (χ1v) is 5.43. The Kier molecular flexibility index (Phi) is 5.68. The van der Waals surface area contributed by atoms with Crippen LogP contribution in [-0.2, 0) is 14.3 Å². The second-order valence-corrected chi connectivity index (χ2v) is 3.97. The SMILES string of the molecule is COCCOCC(=O)NCC1(O)CCNC1. The molecule has 1 amide bonds. The van der Waals surface area contributed by atoms with Crippen molar-refractivity contribution in [1.29, 1.82) is 0 Å². The van der Waals surface area contributed by atoms with Gasteiger partial charge in [-0.05, 0) is 13.0 Å². The lowest BCUT2D eigenvalue weighted by atomic mass is 10.0. The van der Waals surface area contributed by atoms with E-state index in [1.54, 1.807) is 7.11 Å². The molecule has 3 N–H and O–H groups in total. The molecule has 1 aliphatic heterocycles. The number of methoxy groups -OCH3 is 1. The molecule has 0 bridgehead atoms. The summed E-state index contributed by atoms with van der Waals surface area (Å²) in [6, 6.07) is 0. The minimum absolute atomic E-state index is 0.00681. The third-order valence-corrected chi connectivity index (χ3v) is 2.50. The summed E-state index contributed by atoms with van der Waals surface area (Å²) >= 11 is 0. The van der Waals surface area contributed by atoms with E-state index in [4.69, 9.17) is 9.47 Å². The van der Waals surface area contributed by atoms with Gasteiger partial charge in [-0.25, -0.2) is 0 Å². The summed E-state index contributed by atoms with van der Waals surface area (Å²) in [4.78, 5) is 11.3. The topological polar surface area (TPSA) is 79.8 Å². The second kappa shape index (κ2) is 6.80. The monoisotopic (exact) mass is 232 g/mol. The number of β-amino-alcohol motifs (C(OH)–C–C–N with tert-alkyl or cyclic N) is 1. The normalized spacial score (nSPS) is 24.6. The van der Waals surface area contributed by atoms with Gasteiger partial charge in [0, 0.05) is 20.2 Å². The minimum atomic E-state index is -0.803. The molecular formula is C10H20N2O4. The first kappa shape index (κ1) is 13.4. The average Bonchev–Trinajstić information content (AvgIpc) is 2.70. The van der Waals surface area contributed by atoms with Crippen molar-refractivity contribution in [3.63, 3.8) is 0 Å². The van der Waals surface area contributed by atoms with Gasteiger partial charge in [0.05, 0.1) is 18.8 Å². The van der Waals surface area contributed by atoms with E-state index in [0.29, 0.717) is 26.2 Å². The molecule has 0 aromatic rings. The van der Waals surface area contributed by atoms with Gasteiger partial charge in [-0.1, -0.05) is 0 Å². The zero-order chi connectivity index (χ0) is 11.9. The zero-order valence-electron chi connectivity index (χ0n) is 9.62. The summed E-state index contributed by atoms with van der Waals surface area (Å²) in [6.07, 6.45) is 0.664. The molecule has 1 atom stereocenters. The van der Waals surface area contributed by atoms with Gasteiger partial charge in [0.2, 0.25) is 5.91 Å². The van der Waals surface area contributed by atoms with Crippen LogP contribution in [0.2, 0.25) is 0 Å². The van der Waals surface area contributed by atoms with Gasteiger partial charge >= 0.3 is 0 Å². The zero-order valence-corrected chi connectivity index (χ0v) is 9.62. The summed E-state index contributed by atoms with van der Waals surface area (Å²) in [6.45, 7) is 2.46. The van der Waals surface area contributed by atoms with Gasteiger partial charge in [-0.15, -0.1) is 0 Å². The Morgan fingerprint density at radius 3 is 3.00 bits per heavy atom. The fourth-order valence-corrected chi connectivity index (χ4v) is 1.50. The molecule has 1 fully saturated rings. The number of carbonyl (C=O) groups is 1. The molecule has 0 radical (unpaired) electrons. The van der Waals surface area contributed by atoms with Crippen molar-refractivity contribution in [3.8, 4) is 0 Å². The Hall–Kier alpha value is -0.690. The van der Waals surface area contributed by atoms with Crippen molar-refractivity contribution in [2.45, 2.75) is 12.0 Å². The van der Waals surface area contributed by atoms with Crippen molar-refractivity contribution >= 4 is 5.91 Å². The lowest BCUT2D eigenvalue weighted by Gasteiger charge is -2.21. The largest absolute Gasteiger partial charge is 0.387 e. The predicted octanol–water partition coefficient (Wildman–Crippen LogP) is -1.51. The third kappa shape index (κ3) is 4.89. The Labute approximate surface area is 95.3 Å². The molecule has 94 valence electrons. The van der Waals surface area contributed by atoms with Crippen molar-refractivity contribution in [2.75, 3.05) is 46.6 Å². The number of nitrogens with one attached hydrogen (secondary N) is 2. The Balaban J connectivity index is 2.05. The predicted molar refractivity (Wildman–Crippen MR) is 58.1 cm³/mol. The average molecular weight is 232 g/mol. The Bertz CT molecular complexity index is 217. The highest BCUT2D eigenvalue weighted by Crippen LogP contribution is 2.12.